The first-order valence-corrected chi connectivity index (χ1v) is 11.2. The van der Waals surface area contributed by atoms with E-state index in [1.54, 1.807) is 7.05 Å². The molecule has 4 N–H and O–H groups in total. The van der Waals surface area contributed by atoms with Crippen LogP contribution in [0.2, 0.25) is 0 Å². The monoisotopic (exact) mass is 421 g/mol. The van der Waals surface area contributed by atoms with Crippen molar-refractivity contribution >= 4 is 11.9 Å². The van der Waals surface area contributed by atoms with Gasteiger partial charge in [0.05, 0.1) is 5.92 Å². The third-order valence-corrected chi connectivity index (χ3v) is 5.93. The van der Waals surface area contributed by atoms with Crippen LogP contribution in [-0.2, 0) is 30.8 Å². The SMILES string of the molecule is CCc1ccccc1CNC(=NC)NCc1cccc(CN2CCCC(C(N)=O)C2)c1. The molecule has 0 bridgehead atoms. The number of hydrogen-bond donors (Lipinski definition) is 3. The second-order valence-corrected chi connectivity index (χ2v) is 8.20. The Morgan fingerprint density at radius 2 is 1.84 bits per heavy atom. The summed E-state index contributed by atoms with van der Waals surface area (Å²) in [5, 5.41) is 6.82. The first-order chi connectivity index (χ1) is 15.1. The highest BCUT2D eigenvalue weighted by molar-refractivity contribution is 5.79. The molecule has 0 aliphatic carbocycles. The van der Waals surface area contributed by atoms with Gasteiger partial charge in [-0.05, 0) is 48.1 Å². The average Bonchev–Trinajstić information content (AvgIpc) is 2.80. The van der Waals surface area contributed by atoms with Crippen molar-refractivity contribution in [3.8, 4) is 0 Å². The van der Waals surface area contributed by atoms with Crippen LogP contribution >= 0.6 is 0 Å². The van der Waals surface area contributed by atoms with E-state index < -0.39 is 0 Å². The predicted octanol–water partition coefficient (Wildman–Crippen LogP) is 2.81. The zero-order valence-electron chi connectivity index (χ0n) is 18.7. The molecule has 1 unspecified atom stereocenters. The molecule has 0 spiro atoms. The zero-order chi connectivity index (χ0) is 22.1. The number of piperidine rings is 1. The number of aliphatic imine (C=N–C) groups is 1. The molecule has 31 heavy (non-hydrogen) atoms. The van der Waals surface area contributed by atoms with Gasteiger partial charge in [-0.2, -0.15) is 0 Å². The fraction of sp³-hybridized carbons (Fsp3) is 0.440. The van der Waals surface area contributed by atoms with Crippen molar-refractivity contribution in [3.05, 3.63) is 70.8 Å². The van der Waals surface area contributed by atoms with Crippen molar-refractivity contribution in [1.82, 2.24) is 15.5 Å². The number of benzene rings is 2. The van der Waals surface area contributed by atoms with E-state index in [0.717, 1.165) is 51.4 Å². The van der Waals surface area contributed by atoms with E-state index in [9.17, 15) is 4.79 Å². The van der Waals surface area contributed by atoms with Gasteiger partial charge < -0.3 is 16.4 Å². The molecule has 0 saturated carbocycles. The molecule has 6 nitrogen and oxygen atoms in total. The molecule has 1 fully saturated rings. The Morgan fingerprint density at radius 1 is 1.10 bits per heavy atom. The number of carbonyl (C=O) groups excluding carboxylic acids is 1. The second-order valence-electron chi connectivity index (χ2n) is 8.20. The quantitative estimate of drug-likeness (QED) is 0.452. The minimum atomic E-state index is -0.178. The van der Waals surface area contributed by atoms with Gasteiger partial charge in [-0.3, -0.25) is 14.7 Å². The molecule has 1 amide bonds. The summed E-state index contributed by atoms with van der Waals surface area (Å²) in [5.41, 5.74) is 10.6. The topological polar surface area (TPSA) is 82.8 Å². The van der Waals surface area contributed by atoms with Crippen LogP contribution in [0.4, 0.5) is 0 Å². The van der Waals surface area contributed by atoms with Crippen LogP contribution < -0.4 is 16.4 Å². The van der Waals surface area contributed by atoms with E-state index in [2.05, 4.69) is 76.0 Å². The van der Waals surface area contributed by atoms with Crippen LogP contribution in [0.5, 0.6) is 0 Å². The van der Waals surface area contributed by atoms with Gasteiger partial charge >= 0.3 is 0 Å². The number of amides is 1. The van der Waals surface area contributed by atoms with E-state index >= 15 is 0 Å². The number of likely N-dealkylation sites (tertiary alicyclic amines) is 1. The van der Waals surface area contributed by atoms with E-state index in [1.807, 2.05) is 0 Å². The molecule has 2 aromatic carbocycles. The Morgan fingerprint density at radius 3 is 2.58 bits per heavy atom. The summed E-state index contributed by atoms with van der Waals surface area (Å²) < 4.78 is 0. The molecule has 1 saturated heterocycles. The highest BCUT2D eigenvalue weighted by atomic mass is 16.1. The van der Waals surface area contributed by atoms with Gasteiger partial charge in [-0.1, -0.05) is 55.5 Å². The van der Waals surface area contributed by atoms with Crippen molar-refractivity contribution in [2.75, 3.05) is 20.1 Å². The first kappa shape index (κ1) is 22.8. The number of aryl methyl sites for hydroxylation is 1. The molecule has 1 aliphatic rings. The summed E-state index contributed by atoms with van der Waals surface area (Å²) in [6.07, 6.45) is 2.95. The summed E-state index contributed by atoms with van der Waals surface area (Å²) in [6.45, 7) is 6.25. The molecule has 1 atom stereocenters. The van der Waals surface area contributed by atoms with Crippen molar-refractivity contribution in [2.24, 2.45) is 16.6 Å². The molecular weight excluding hydrogens is 386 g/mol. The Labute approximate surface area is 185 Å². The number of nitrogens with one attached hydrogen (secondary N) is 2. The molecule has 166 valence electrons. The van der Waals surface area contributed by atoms with Gasteiger partial charge in [-0.25, -0.2) is 0 Å². The number of nitrogens with two attached hydrogens (primary N) is 1. The average molecular weight is 422 g/mol. The Balaban J connectivity index is 1.52. The molecule has 2 aromatic rings. The van der Waals surface area contributed by atoms with Crippen LogP contribution in [0.15, 0.2) is 53.5 Å². The Hall–Kier alpha value is -2.86. The number of carbonyl (C=O) groups is 1. The van der Waals surface area contributed by atoms with Crippen LogP contribution in [0.1, 0.15) is 42.0 Å². The number of guanidine groups is 1. The zero-order valence-corrected chi connectivity index (χ0v) is 18.7. The van der Waals surface area contributed by atoms with E-state index in [0.29, 0.717) is 6.54 Å². The van der Waals surface area contributed by atoms with Gasteiger partial charge in [0, 0.05) is 33.2 Å². The normalized spacial score (nSPS) is 17.4. The molecule has 1 heterocycles. The number of rotatable bonds is 8. The lowest BCUT2D eigenvalue weighted by Gasteiger charge is -2.31. The fourth-order valence-corrected chi connectivity index (χ4v) is 4.19. The molecule has 0 aromatic heterocycles. The van der Waals surface area contributed by atoms with Crippen molar-refractivity contribution in [3.63, 3.8) is 0 Å². The molecule has 0 radical (unpaired) electrons. The lowest BCUT2D eigenvalue weighted by Crippen LogP contribution is -2.40. The summed E-state index contributed by atoms with van der Waals surface area (Å²) in [5.74, 6) is 0.588. The van der Waals surface area contributed by atoms with Gasteiger partial charge in [0.2, 0.25) is 5.91 Å². The summed E-state index contributed by atoms with van der Waals surface area (Å²) in [7, 11) is 1.79. The first-order valence-electron chi connectivity index (χ1n) is 11.2. The van der Waals surface area contributed by atoms with Gasteiger partial charge in [0.25, 0.3) is 0 Å². The smallest absolute Gasteiger partial charge is 0.221 e. The lowest BCUT2D eigenvalue weighted by atomic mass is 9.97. The van der Waals surface area contributed by atoms with Crippen LogP contribution in [-0.4, -0.2) is 36.9 Å². The summed E-state index contributed by atoms with van der Waals surface area (Å²) >= 11 is 0. The largest absolute Gasteiger partial charge is 0.369 e. The highest BCUT2D eigenvalue weighted by Gasteiger charge is 2.23. The molecule has 1 aliphatic heterocycles. The van der Waals surface area contributed by atoms with E-state index in [4.69, 9.17) is 5.73 Å². The summed E-state index contributed by atoms with van der Waals surface area (Å²) in [6, 6.07) is 17.1. The minimum absolute atomic E-state index is 0.0224. The lowest BCUT2D eigenvalue weighted by molar-refractivity contribution is -0.123. The van der Waals surface area contributed by atoms with Gasteiger partial charge in [0.15, 0.2) is 5.96 Å². The van der Waals surface area contributed by atoms with Crippen LogP contribution in [0.25, 0.3) is 0 Å². The third-order valence-electron chi connectivity index (χ3n) is 5.93. The Bertz CT molecular complexity index is 895. The molecule has 3 rings (SSSR count). The Kier molecular flexibility index (Phi) is 8.47. The fourth-order valence-electron chi connectivity index (χ4n) is 4.19. The van der Waals surface area contributed by atoms with Crippen LogP contribution in [0, 0.1) is 5.92 Å². The van der Waals surface area contributed by atoms with Crippen molar-refractivity contribution in [2.45, 2.75) is 45.8 Å². The highest BCUT2D eigenvalue weighted by Crippen LogP contribution is 2.18. The third kappa shape index (κ3) is 6.82. The van der Waals surface area contributed by atoms with Crippen LogP contribution in [0.3, 0.4) is 0 Å². The standard InChI is InChI=1S/C25H35N5O/c1-3-21-10-4-5-11-22(21)16-29-25(27-2)28-15-19-8-6-9-20(14-19)17-30-13-7-12-23(18-30)24(26)31/h4-6,8-11,14,23H,3,7,12-13,15-18H2,1-2H3,(H2,26,31)(H2,27,28,29). The maximum absolute atomic E-state index is 11.5. The van der Waals surface area contributed by atoms with Gasteiger partial charge in [-0.15, -0.1) is 0 Å². The van der Waals surface area contributed by atoms with Crippen molar-refractivity contribution < 1.29 is 4.79 Å². The van der Waals surface area contributed by atoms with E-state index in [-0.39, 0.29) is 11.8 Å². The number of primary amides is 1. The van der Waals surface area contributed by atoms with E-state index in [1.165, 1.54) is 22.3 Å². The molecular formula is C25H35N5O. The van der Waals surface area contributed by atoms with Gasteiger partial charge in [0.1, 0.15) is 0 Å². The number of nitrogens with zero attached hydrogens (tertiary/aromatic N) is 2. The maximum Gasteiger partial charge on any atom is 0.221 e. The molecule has 6 heteroatoms. The second kappa shape index (κ2) is 11.5. The minimum Gasteiger partial charge on any atom is -0.369 e. The predicted molar refractivity (Wildman–Crippen MR) is 126 cm³/mol. The summed E-state index contributed by atoms with van der Waals surface area (Å²) in [4.78, 5) is 18.2. The number of hydrogen-bond acceptors (Lipinski definition) is 3. The maximum atomic E-state index is 11.5. The van der Waals surface area contributed by atoms with Crippen molar-refractivity contribution in [1.29, 1.82) is 0 Å².